The Morgan fingerprint density at radius 2 is 1.59 bits per heavy atom. The molecule has 2 bridgehead atoms. The van der Waals surface area contributed by atoms with Crippen molar-refractivity contribution in [3.63, 3.8) is 0 Å². The highest BCUT2D eigenvalue weighted by Crippen LogP contribution is 2.65. The third kappa shape index (κ3) is 2.40. The second kappa shape index (κ2) is 5.68. The Bertz CT molecular complexity index is 864. The molecule has 0 unspecified atom stereocenters. The fraction of sp³-hybridized carbons (Fsp3) is 0.476. The molecule has 0 aromatic heterocycles. The van der Waals surface area contributed by atoms with Gasteiger partial charge in [0.15, 0.2) is 0 Å². The topological polar surface area (TPSA) is 63.7 Å². The molecule has 1 saturated heterocycles. The number of benzene rings is 1. The van der Waals surface area contributed by atoms with Gasteiger partial charge in [0.2, 0.25) is 11.8 Å². The highest BCUT2D eigenvalue weighted by Gasteiger charge is 2.67. The van der Waals surface area contributed by atoms with E-state index in [-0.39, 0.29) is 42.0 Å². The van der Waals surface area contributed by atoms with Crippen molar-refractivity contribution in [2.24, 2.45) is 35.5 Å². The lowest BCUT2D eigenvalue weighted by atomic mass is 9.63. The summed E-state index contributed by atoms with van der Waals surface area (Å²) in [7, 11) is 0. The van der Waals surface area contributed by atoms with Crippen molar-refractivity contribution in [1.82, 2.24) is 4.90 Å². The zero-order chi connectivity index (χ0) is 19.0. The predicted molar refractivity (Wildman–Crippen MR) is 98.0 cm³/mol. The standard InChI is InChI=1S/C21H20ClNO4/c1-9-5-11(6-10(2)19(9)22)27-16(24)8-23-20(25)17-12-3-4-13(15-7-14(12)15)18(17)21(23)26/h3-6,12-15,17-18H,7-8H2,1-2H3/t12-,13+,14-,15-,17+,18-/m1/s1. The zero-order valence-electron chi connectivity index (χ0n) is 15.1. The lowest BCUT2D eigenvalue weighted by Crippen LogP contribution is -2.40. The van der Waals surface area contributed by atoms with Gasteiger partial charge in [-0.25, -0.2) is 4.79 Å². The van der Waals surface area contributed by atoms with Crippen LogP contribution < -0.4 is 4.74 Å². The molecular formula is C21H20ClNO4. The Morgan fingerprint density at radius 1 is 1.07 bits per heavy atom. The first-order chi connectivity index (χ1) is 12.9. The van der Waals surface area contributed by atoms with Gasteiger partial charge < -0.3 is 4.74 Å². The van der Waals surface area contributed by atoms with E-state index in [2.05, 4.69) is 12.2 Å². The number of carbonyl (C=O) groups is 3. The number of esters is 1. The van der Waals surface area contributed by atoms with Gasteiger partial charge in [-0.2, -0.15) is 0 Å². The first-order valence-corrected chi connectivity index (χ1v) is 9.75. The van der Waals surface area contributed by atoms with Crippen molar-refractivity contribution < 1.29 is 19.1 Å². The van der Waals surface area contributed by atoms with E-state index in [9.17, 15) is 14.4 Å². The van der Waals surface area contributed by atoms with Crippen LogP contribution in [0.4, 0.5) is 0 Å². The Balaban J connectivity index is 1.32. The number of allylic oxidation sites excluding steroid dienone is 2. The fourth-order valence-electron chi connectivity index (χ4n) is 5.43. The van der Waals surface area contributed by atoms with Crippen molar-refractivity contribution in [1.29, 1.82) is 0 Å². The number of hydrogen-bond acceptors (Lipinski definition) is 4. The number of nitrogens with zero attached hydrogens (tertiary/aromatic N) is 1. The van der Waals surface area contributed by atoms with Crippen molar-refractivity contribution >= 4 is 29.4 Å². The summed E-state index contributed by atoms with van der Waals surface area (Å²) < 4.78 is 5.38. The normalized spacial score (nSPS) is 35.3. The summed E-state index contributed by atoms with van der Waals surface area (Å²) in [6.45, 7) is 3.33. The average molecular weight is 386 g/mol. The van der Waals surface area contributed by atoms with Crippen LogP contribution in [0.2, 0.25) is 5.02 Å². The molecule has 3 fully saturated rings. The number of likely N-dealkylation sites (tertiary alicyclic amines) is 1. The minimum Gasteiger partial charge on any atom is -0.425 e. The van der Waals surface area contributed by atoms with Crippen LogP contribution in [0.25, 0.3) is 0 Å². The van der Waals surface area contributed by atoms with Gasteiger partial charge in [-0.05, 0) is 67.2 Å². The van der Waals surface area contributed by atoms with E-state index < -0.39 is 5.97 Å². The fourth-order valence-corrected chi connectivity index (χ4v) is 5.54. The maximum atomic E-state index is 12.9. The summed E-state index contributed by atoms with van der Waals surface area (Å²) in [5, 5.41) is 0.630. The number of aryl methyl sites for hydroxylation is 2. The highest BCUT2D eigenvalue weighted by atomic mass is 35.5. The van der Waals surface area contributed by atoms with Crippen molar-refractivity contribution in [3.05, 3.63) is 40.4 Å². The molecule has 1 aromatic rings. The first kappa shape index (κ1) is 17.0. The van der Waals surface area contributed by atoms with Gasteiger partial charge in [0.25, 0.3) is 0 Å². The van der Waals surface area contributed by atoms with E-state index in [1.807, 2.05) is 13.8 Å². The summed E-state index contributed by atoms with van der Waals surface area (Å²) in [6.07, 6.45) is 5.35. The molecule has 1 aliphatic heterocycles. The van der Waals surface area contributed by atoms with Gasteiger partial charge >= 0.3 is 5.97 Å². The van der Waals surface area contributed by atoms with Crippen LogP contribution in [-0.2, 0) is 14.4 Å². The van der Waals surface area contributed by atoms with E-state index in [0.717, 1.165) is 22.4 Å². The minimum atomic E-state index is -0.609. The molecule has 6 atom stereocenters. The van der Waals surface area contributed by atoms with Crippen molar-refractivity contribution in [2.45, 2.75) is 20.3 Å². The Morgan fingerprint density at radius 3 is 2.11 bits per heavy atom. The Labute approximate surface area is 162 Å². The van der Waals surface area contributed by atoms with Crippen molar-refractivity contribution in [2.75, 3.05) is 6.54 Å². The Hall–Kier alpha value is -2.14. The monoisotopic (exact) mass is 385 g/mol. The van der Waals surface area contributed by atoms with Gasteiger partial charge in [0.05, 0.1) is 11.8 Å². The summed E-state index contributed by atoms with van der Waals surface area (Å²) in [5.74, 6) is 0.169. The third-order valence-electron chi connectivity index (χ3n) is 6.68. The van der Waals surface area contributed by atoms with E-state index in [1.54, 1.807) is 12.1 Å². The number of ether oxygens (including phenoxy) is 1. The van der Waals surface area contributed by atoms with Crippen LogP contribution in [0.15, 0.2) is 24.3 Å². The molecular weight excluding hydrogens is 366 g/mol. The van der Waals surface area contributed by atoms with Crippen LogP contribution >= 0.6 is 11.6 Å². The lowest BCUT2D eigenvalue weighted by Gasteiger charge is -2.37. The molecule has 1 heterocycles. The molecule has 1 aromatic carbocycles. The summed E-state index contributed by atoms with van der Waals surface area (Å²) >= 11 is 6.14. The number of amides is 2. The van der Waals surface area contributed by atoms with E-state index in [0.29, 0.717) is 22.6 Å². The number of imide groups is 1. The quantitative estimate of drug-likeness (QED) is 0.347. The summed E-state index contributed by atoms with van der Waals surface area (Å²) in [5.41, 5.74) is 1.61. The highest BCUT2D eigenvalue weighted by molar-refractivity contribution is 6.32. The van der Waals surface area contributed by atoms with E-state index in [4.69, 9.17) is 16.3 Å². The second-order valence-corrected chi connectivity index (χ2v) is 8.64. The zero-order valence-corrected chi connectivity index (χ0v) is 15.9. The number of rotatable bonds is 3. The molecule has 2 amide bonds. The molecule has 0 radical (unpaired) electrons. The van der Waals surface area contributed by atoms with Crippen LogP contribution in [-0.4, -0.2) is 29.2 Å². The Kier molecular flexibility index (Phi) is 3.57. The molecule has 6 heteroatoms. The summed E-state index contributed by atoms with van der Waals surface area (Å²) in [6, 6.07) is 3.36. The van der Waals surface area contributed by atoms with E-state index >= 15 is 0 Å². The van der Waals surface area contributed by atoms with Crippen LogP contribution in [0.5, 0.6) is 5.75 Å². The number of carbonyl (C=O) groups excluding carboxylic acids is 3. The van der Waals surface area contributed by atoms with Crippen LogP contribution in [0, 0.1) is 49.4 Å². The number of hydrogen-bond donors (Lipinski definition) is 0. The molecule has 5 nitrogen and oxygen atoms in total. The number of halogens is 1. The smallest absolute Gasteiger partial charge is 0.331 e. The van der Waals surface area contributed by atoms with E-state index in [1.165, 1.54) is 0 Å². The van der Waals surface area contributed by atoms with Gasteiger partial charge in [-0.1, -0.05) is 23.8 Å². The third-order valence-corrected chi connectivity index (χ3v) is 7.28. The minimum absolute atomic E-state index is 0.157. The molecule has 0 spiro atoms. The predicted octanol–water partition coefficient (Wildman–Crippen LogP) is 2.92. The average Bonchev–Trinajstić information content (AvgIpc) is 3.41. The lowest BCUT2D eigenvalue weighted by molar-refractivity contribution is -0.148. The molecule has 140 valence electrons. The van der Waals surface area contributed by atoms with Gasteiger partial charge in [0.1, 0.15) is 12.3 Å². The summed E-state index contributed by atoms with van der Waals surface area (Å²) in [4.78, 5) is 39.3. The molecule has 4 aliphatic carbocycles. The molecule has 0 N–H and O–H groups in total. The first-order valence-electron chi connectivity index (χ1n) is 9.38. The largest absolute Gasteiger partial charge is 0.425 e. The molecule has 27 heavy (non-hydrogen) atoms. The maximum Gasteiger partial charge on any atom is 0.331 e. The molecule has 6 rings (SSSR count). The van der Waals surface area contributed by atoms with Gasteiger partial charge in [-0.15, -0.1) is 0 Å². The molecule has 5 aliphatic rings. The second-order valence-electron chi connectivity index (χ2n) is 8.26. The maximum absolute atomic E-state index is 12.9. The SMILES string of the molecule is Cc1cc(OC(=O)CN2C(=O)[C@@H]3[C@H]4C=C[C@H]([C@H]5C[C@H]45)[C@@H]3C2=O)cc(C)c1Cl. The van der Waals surface area contributed by atoms with Crippen LogP contribution in [0.1, 0.15) is 17.5 Å². The molecule has 2 saturated carbocycles. The van der Waals surface area contributed by atoms with Crippen LogP contribution in [0.3, 0.4) is 0 Å². The van der Waals surface area contributed by atoms with Gasteiger partial charge in [-0.3, -0.25) is 14.5 Å². The van der Waals surface area contributed by atoms with Crippen molar-refractivity contribution in [3.8, 4) is 5.75 Å². The van der Waals surface area contributed by atoms with Gasteiger partial charge in [0, 0.05) is 5.02 Å².